The molecule has 0 unspecified atom stereocenters. The highest BCUT2D eigenvalue weighted by atomic mass is 16.2. The molecule has 140 valence electrons. The van der Waals surface area contributed by atoms with Gasteiger partial charge in [0.1, 0.15) is 0 Å². The van der Waals surface area contributed by atoms with E-state index in [4.69, 9.17) is 0 Å². The standard InChI is InChI=1S/C21H24N4O2/c1-14(2)25-21(27)18-8-6-5-7-17(18)19(23-25)20(26)22-13-15-9-11-16(12-10-15)24(3)4/h5-12,14H,13H2,1-4H3,(H,22,26). The van der Waals surface area contributed by atoms with Crippen molar-refractivity contribution >= 4 is 22.4 Å². The molecule has 27 heavy (non-hydrogen) atoms. The summed E-state index contributed by atoms with van der Waals surface area (Å²) in [6.07, 6.45) is 0. The molecular formula is C21H24N4O2. The molecule has 3 aromatic rings. The number of anilines is 1. The zero-order chi connectivity index (χ0) is 19.6. The van der Waals surface area contributed by atoms with Crippen molar-refractivity contribution in [1.29, 1.82) is 0 Å². The molecule has 0 saturated heterocycles. The van der Waals surface area contributed by atoms with Gasteiger partial charge in [-0.05, 0) is 37.6 Å². The van der Waals surface area contributed by atoms with Crippen molar-refractivity contribution in [2.45, 2.75) is 26.4 Å². The molecule has 3 rings (SSSR count). The minimum Gasteiger partial charge on any atom is -0.378 e. The van der Waals surface area contributed by atoms with Crippen molar-refractivity contribution in [3.8, 4) is 0 Å². The van der Waals surface area contributed by atoms with Gasteiger partial charge in [0.25, 0.3) is 11.5 Å². The van der Waals surface area contributed by atoms with E-state index in [1.165, 1.54) is 4.68 Å². The molecule has 1 aromatic heterocycles. The summed E-state index contributed by atoms with van der Waals surface area (Å²) >= 11 is 0. The lowest BCUT2D eigenvalue weighted by Crippen LogP contribution is -2.31. The van der Waals surface area contributed by atoms with Gasteiger partial charge in [-0.15, -0.1) is 0 Å². The first kappa shape index (κ1) is 18.6. The highest BCUT2D eigenvalue weighted by Gasteiger charge is 2.17. The Labute approximate surface area is 158 Å². The molecule has 1 N–H and O–H groups in total. The predicted octanol–water partition coefficient (Wildman–Crippen LogP) is 2.97. The summed E-state index contributed by atoms with van der Waals surface area (Å²) in [5.41, 5.74) is 2.18. The Morgan fingerprint density at radius 1 is 1.07 bits per heavy atom. The first-order valence-corrected chi connectivity index (χ1v) is 8.94. The molecular weight excluding hydrogens is 340 g/mol. The third-order valence-corrected chi connectivity index (χ3v) is 4.44. The number of carbonyl (C=O) groups excluding carboxylic acids is 1. The number of carbonyl (C=O) groups is 1. The SMILES string of the molecule is CC(C)n1nc(C(=O)NCc2ccc(N(C)C)cc2)c2ccccc2c1=O. The van der Waals surface area contributed by atoms with Gasteiger partial charge in [0.15, 0.2) is 5.69 Å². The lowest BCUT2D eigenvalue weighted by Gasteiger charge is -2.14. The molecule has 1 amide bonds. The Hall–Kier alpha value is -3.15. The molecule has 0 aliphatic heterocycles. The maximum absolute atomic E-state index is 12.8. The summed E-state index contributed by atoms with van der Waals surface area (Å²) in [6.45, 7) is 4.14. The van der Waals surface area contributed by atoms with Gasteiger partial charge in [0, 0.05) is 31.7 Å². The first-order chi connectivity index (χ1) is 12.9. The van der Waals surface area contributed by atoms with Crippen LogP contribution in [0, 0.1) is 0 Å². The van der Waals surface area contributed by atoms with E-state index in [0.29, 0.717) is 17.3 Å². The Morgan fingerprint density at radius 2 is 1.70 bits per heavy atom. The molecule has 2 aromatic carbocycles. The van der Waals surface area contributed by atoms with Crippen LogP contribution in [0.5, 0.6) is 0 Å². The number of rotatable bonds is 5. The van der Waals surface area contributed by atoms with Crippen LogP contribution in [-0.2, 0) is 6.54 Å². The van der Waals surface area contributed by atoms with E-state index in [-0.39, 0.29) is 23.2 Å². The summed E-state index contributed by atoms with van der Waals surface area (Å²) in [6, 6.07) is 14.9. The lowest BCUT2D eigenvalue weighted by atomic mass is 10.1. The number of hydrogen-bond donors (Lipinski definition) is 1. The number of fused-ring (bicyclic) bond motifs is 1. The van der Waals surface area contributed by atoms with E-state index >= 15 is 0 Å². The maximum atomic E-state index is 12.8. The zero-order valence-corrected chi connectivity index (χ0v) is 16.1. The molecule has 6 heteroatoms. The quantitative estimate of drug-likeness (QED) is 0.756. The molecule has 0 fully saturated rings. The van der Waals surface area contributed by atoms with Crippen LogP contribution in [0.1, 0.15) is 35.9 Å². The molecule has 0 aliphatic carbocycles. The maximum Gasteiger partial charge on any atom is 0.274 e. The lowest BCUT2D eigenvalue weighted by molar-refractivity contribution is 0.0945. The van der Waals surface area contributed by atoms with Crippen LogP contribution in [0.4, 0.5) is 5.69 Å². The third-order valence-electron chi connectivity index (χ3n) is 4.44. The van der Waals surface area contributed by atoms with Gasteiger partial charge in [0.05, 0.1) is 11.4 Å². The second-order valence-corrected chi connectivity index (χ2v) is 6.98. The van der Waals surface area contributed by atoms with Crippen LogP contribution in [0.15, 0.2) is 53.3 Å². The van der Waals surface area contributed by atoms with Crippen molar-refractivity contribution in [3.05, 3.63) is 70.1 Å². The van der Waals surface area contributed by atoms with Gasteiger partial charge in [0.2, 0.25) is 0 Å². The van der Waals surface area contributed by atoms with Gasteiger partial charge in [-0.2, -0.15) is 5.10 Å². The van der Waals surface area contributed by atoms with E-state index in [2.05, 4.69) is 10.4 Å². The third kappa shape index (κ3) is 3.84. The number of amides is 1. The average molecular weight is 364 g/mol. The van der Waals surface area contributed by atoms with Crippen LogP contribution >= 0.6 is 0 Å². The van der Waals surface area contributed by atoms with Crippen molar-refractivity contribution in [2.24, 2.45) is 0 Å². The fraction of sp³-hybridized carbons (Fsp3) is 0.286. The van der Waals surface area contributed by atoms with Gasteiger partial charge >= 0.3 is 0 Å². The Kier molecular flexibility index (Phi) is 5.26. The number of nitrogens with zero attached hydrogens (tertiary/aromatic N) is 3. The van der Waals surface area contributed by atoms with Gasteiger partial charge in [-0.1, -0.05) is 30.3 Å². The van der Waals surface area contributed by atoms with Gasteiger partial charge < -0.3 is 10.2 Å². The van der Waals surface area contributed by atoms with E-state index in [1.54, 1.807) is 24.3 Å². The summed E-state index contributed by atoms with van der Waals surface area (Å²) in [5.74, 6) is -0.294. The highest BCUT2D eigenvalue weighted by molar-refractivity contribution is 6.04. The molecule has 6 nitrogen and oxygen atoms in total. The van der Waals surface area contributed by atoms with Crippen LogP contribution < -0.4 is 15.8 Å². The second-order valence-electron chi connectivity index (χ2n) is 6.98. The summed E-state index contributed by atoms with van der Waals surface area (Å²) in [5, 5.41) is 8.32. The second kappa shape index (κ2) is 7.61. The zero-order valence-electron chi connectivity index (χ0n) is 16.1. The predicted molar refractivity (Wildman–Crippen MR) is 108 cm³/mol. The fourth-order valence-corrected chi connectivity index (χ4v) is 2.90. The van der Waals surface area contributed by atoms with Gasteiger partial charge in [-0.25, -0.2) is 4.68 Å². The Balaban J connectivity index is 1.89. The van der Waals surface area contributed by atoms with E-state index in [9.17, 15) is 9.59 Å². The smallest absolute Gasteiger partial charge is 0.274 e. The largest absolute Gasteiger partial charge is 0.378 e. The fourth-order valence-electron chi connectivity index (χ4n) is 2.90. The average Bonchev–Trinajstić information content (AvgIpc) is 2.66. The molecule has 0 aliphatic rings. The highest BCUT2D eigenvalue weighted by Crippen LogP contribution is 2.16. The number of aromatic nitrogens is 2. The minimum absolute atomic E-state index is 0.132. The van der Waals surface area contributed by atoms with Crippen LogP contribution in [0.3, 0.4) is 0 Å². The first-order valence-electron chi connectivity index (χ1n) is 8.94. The van der Waals surface area contributed by atoms with E-state index in [0.717, 1.165) is 11.3 Å². The molecule has 0 saturated carbocycles. The van der Waals surface area contributed by atoms with Crippen molar-refractivity contribution in [3.63, 3.8) is 0 Å². The number of hydrogen-bond acceptors (Lipinski definition) is 4. The van der Waals surface area contributed by atoms with Crippen molar-refractivity contribution in [1.82, 2.24) is 15.1 Å². The van der Waals surface area contributed by atoms with E-state index in [1.807, 2.05) is 57.1 Å². The normalized spacial score (nSPS) is 11.0. The molecule has 0 atom stereocenters. The summed E-state index contributed by atoms with van der Waals surface area (Å²) in [7, 11) is 3.97. The molecule has 0 bridgehead atoms. The minimum atomic E-state index is -0.294. The van der Waals surface area contributed by atoms with Crippen molar-refractivity contribution in [2.75, 3.05) is 19.0 Å². The van der Waals surface area contributed by atoms with Crippen LogP contribution in [0.25, 0.3) is 10.8 Å². The Morgan fingerprint density at radius 3 is 2.30 bits per heavy atom. The summed E-state index contributed by atoms with van der Waals surface area (Å²) < 4.78 is 1.36. The number of nitrogens with one attached hydrogen (secondary N) is 1. The number of benzene rings is 2. The van der Waals surface area contributed by atoms with Gasteiger partial charge in [-0.3, -0.25) is 9.59 Å². The van der Waals surface area contributed by atoms with Crippen molar-refractivity contribution < 1.29 is 4.79 Å². The molecule has 0 spiro atoms. The molecule has 0 radical (unpaired) electrons. The topological polar surface area (TPSA) is 67.2 Å². The summed E-state index contributed by atoms with van der Waals surface area (Å²) in [4.78, 5) is 27.4. The molecule has 1 heterocycles. The van der Waals surface area contributed by atoms with Crippen LogP contribution in [-0.4, -0.2) is 29.8 Å². The van der Waals surface area contributed by atoms with Crippen LogP contribution in [0.2, 0.25) is 0 Å². The van der Waals surface area contributed by atoms with E-state index < -0.39 is 0 Å². The Bertz CT molecular complexity index is 1020. The monoisotopic (exact) mass is 364 g/mol.